The van der Waals surface area contributed by atoms with Gasteiger partial charge in [-0.15, -0.1) is 0 Å². The lowest BCUT2D eigenvalue weighted by molar-refractivity contribution is 0.282. The van der Waals surface area contributed by atoms with Gasteiger partial charge in [0.05, 0.1) is 11.1 Å². The van der Waals surface area contributed by atoms with Crippen molar-refractivity contribution in [3.05, 3.63) is 23.8 Å². The molecule has 1 heterocycles. The molecule has 0 spiro atoms. The number of nitrogens with two attached hydrogens (primary N) is 1. The second kappa shape index (κ2) is 5.35. The molecular formula is C14H21N3O2S. The van der Waals surface area contributed by atoms with Gasteiger partial charge in [-0.2, -0.15) is 0 Å². The van der Waals surface area contributed by atoms with E-state index in [1.165, 1.54) is 32.1 Å². The molecule has 20 heavy (non-hydrogen) atoms. The molecular weight excluding hydrogens is 274 g/mol. The number of benzene rings is 1. The standard InChI is InChI=1S/C14H21N3O2S/c15-20(18,19)12-6-7-13-11(8-12)9-16-14(17-13)10-4-2-1-3-5-10/h6-8,10,14,16-17H,1-5,9H2,(H2,15,18,19). The number of sulfonamides is 1. The van der Waals surface area contributed by atoms with Gasteiger partial charge in [-0.1, -0.05) is 19.3 Å². The van der Waals surface area contributed by atoms with E-state index in [2.05, 4.69) is 10.6 Å². The van der Waals surface area contributed by atoms with Crippen LogP contribution in [-0.4, -0.2) is 14.6 Å². The molecule has 110 valence electrons. The maximum Gasteiger partial charge on any atom is 0.238 e. The fraction of sp³-hybridized carbons (Fsp3) is 0.571. The number of rotatable bonds is 2. The number of nitrogens with one attached hydrogen (secondary N) is 2. The van der Waals surface area contributed by atoms with Gasteiger partial charge in [-0.3, -0.25) is 5.32 Å². The molecule has 1 aliphatic carbocycles. The summed E-state index contributed by atoms with van der Waals surface area (Å²) in [4.78, 5) is 0.177. The van der Waals surface area contributed by atoms with Crippen molar-refractivity contribution in [2.75, 3.05) is 5.32 Å². The first-order valence-electron chi connectivity index (χ1n) is 7.20. The Morgan fingerprint density at radius 2 is 1.90 bits per heavy atom. The van der Waals surface area contributed by atoms with Crippen LogP contribution in [0.1, 0.15) is 37.7 Å². The number of hydrogen-bond acceptors (Lipinski definition) is 4. The van der Waals surface area contributed by atoms with Gasteiger partial charge in [0.2, 0.25) is 10.0 Å². The molecule has 0 bridgehead atoms. The van der Waals surface area contributed by atoms with Gasteiger partial charge in [0.25, 0.3) is 0 Å². The molecule has 1 aromatic rings. The van der Waals surface area contributed by atoms with Crippen molar-refractivity contribution >= 4 is 15.7 Å². The Morgan fingerprint density at radius 3 is 2.60 bits per heavy atom. The number of hydrogen-bond donors (Lipinski definition) is 3. The summed E-state index contributed by atoms with van der Waals surface area (Å²) in [6, 6.07) is 5.05. The Morgan fingerprint density at radius 1 is 1.15 bits per heavy atom. The first kappa shape index (κ1) is 13.9. The third-order valence-electron chi connectivity index (χ3n) is 4.35. The number of primary sulfonamides is 1. The molecule has 1 saturated carbocycles. The zero-order chi connectivity index (χ0) is 14.2. The zero-order valence-electron chi connectivity index (χ0n) is 11.4. The van der Waals surface area contributed by atoms with Crippen molar-refractivity contribution in [1.29, 1.82) is 0 Å². The fourth-order valence-corrected chi connectivity index (χ4v) is 3.79. The highest BCUT2D eigenvalue weighted by molar-refractivity contribution is 7.89. The first-order valence-corrected chi connectivity index (χ1v) is 8.74. The summed E-state index contributed by atoms with van der Waals surface area (Å²) in [5.74, 6) is 0.662. The Balaban J connectivity index is 1.78. The van der Waals surface area contributed by atoms with Crippen molar-refractivity contribution < 1.29 is 8.42 Å². The van der Waals surface area contributed by atoms with Crippen molar-refractivity contribution in [3.63, 3.8) is 0 Å². The minimum atomic E-state index is -3.63. The predicted octanol–water partition coefficient (Wildman–Crippen LogP) is 1.76. The van der Waals surface area contributed by atoms with Crippen LogP contribution in [0.25, 0.3) is 0 Å². The lowest BCUT2D eigenvalue weighted by atomic mass is 9.86. The molecule has 1 aromatic carbocycles. The van der Waals surface area contributed by atoms with E-state index in [9.17, 15) is 8.42 Å². The average Bonchev–Trinajstić information content (AvgIpc) is 2.46. The quantitative estimate of drug-likeness (QED) is 0.776. The predicted molar refractivity (Wildman–Crippen MR) is 78.6 cm³/mol. The largest absolute Gasteiger partial charge is 0.369 e. The second-order valence-corrected chi connectivity index (χ2v) is 7.33. The van der Waals surface area contributed by atoms with Crippen molar-refractivity contribution in [1.82, 2.24) is 5.32 Å². The van der Waals surface area contributed by atoms with Crippen molar-refractivity contribution in [2.45, 2.75) is 49.7 Å². The molecule has 5 nitrogen and oxygen atoms in total. The van der Waals surface area contributed by atoms with E-state index >= 15 is 0 Å². The van der Waals surface area contributed by atoms with Gasteiger partial charge in [-0.05, 0) is 42.5 Å². The van der Waals surface area contributed by atoms with Crippen LogP contribution in [0.5, 0.6) is 0 Å². The Hall–Kier alpha value is -1.11. The summed E-state index contributed by atoms with van der Waals surface area (Å²) in [7, 11) is -3.63. The van der Waals surface area contributed by atoms with E-state index in [1.807, 2.05) is 6.07 Å². The molecule has 3 rings (SSSR count). The molecule has 1 fully saturated rings. The van der Waals surface area contributed by atoms with Crippen LogP contribution >= 0.6 is 0 Å². The van der Waals surface area contributed by atoms with Crippen LogP contribution in [0.3, 0.4) is 0 Å². The molecule has 0 saturated heterocycles. The SMILES string of the molecule is NS(=O)(=O)c1ccc2c(c1)CNC(C1CCCCC1)N2. The van der Waals surface area contributed by atoms with Crippen LogP contribution in [0.4, 0.5) is 5.69 Å². The van der Waals surface area contributed by atoms with Gasteiger partial charge in [0, 0.05) is 12.2 Å². The maximum atomic E-state index is 11.4. The monoisotopic (exact) mass is 295 g/mol. The maximum absolute atomic E-state index is 11.4. The van der Waals surface area contributed by atoms with Gasteiger partial charge in [0.15, 0.2) is 0 Å². The molecule has 0 radical (unpaired) electrons. The van der Waals surface area contributed by atoms with E-state index in [4.69, 9.17) is 5.14 Å². The summed E-state index contributed by atoms with van der Waals surface area (Å²) in [6.45, 7) is 0.687. The summed E-state index contributed by atoms with van der Waals surface area (Å²) < 4.78 is 22.7. The average molecular weight is 295 g/mol. The van der Waals surface area contributed by atoms with E-state index in [1.54, 1.807) is 12.1 Å². The van der Waals surface area contributed by atoms with E-state index in [0.717, 1.165) is 11.3 Å². The smallest absolute Gasteiger partial charge is 0.238 e. The zero-order valence-corrected chi connectivity index (χ0v) is 12.2. The van der Waals surface area contributed by atoms with Gasteiger partial charge >= 0.3 is 0 Å². The van der Waals surface area contributed by atoms with Gasteiger partial charge in [0.1, 0.15) is 0 Å². The fourth-order valence-electron chi connectivity index (χ4n) is 3.22. The Labute approximate surface area is 120 Å². The number of anilines is 1. The molecule has 1 unspecified atom stereocenters. The summed E-state index contributed by atoms with van der Waals surface area (Å²) in [6.07, 6.45) is 6.77. The van der Waals surface area contributed by atoms with Crippen LogP contribution < -0.4 is 15.8 Å². The Bertz CT molecular complexity index is 594. The van der Waals surface area contributed by atoms with Crippen molar-refractivity contribution in [2.24, 2.45) is 11.1 Å². The lowest BCUT2D eigenvalue weighted by Gasteiger charge is -2.36. The molecule has 0 amide bonds. The normalized spacial score (nSPS) is 23.9. The van der Waals surface area contributed by atoms with Gasteiger partial charge in [-0.25, -0.2) is 13.6 Å². The summed E-state index contributed by atoms with van der Waals surface area (Å²) >= 11 is 0. The van der Waals surface area contributed by atoms with Crippen LogP contribution in [-0.2, 0) is 16.6 Å². The third kappa shape index (κ3) is 2.82. The second-order valence-electron chi connectivity index (χ2n) is 5.76. The van der Waals surface area contributed by atoms with Crippen LogP contribution in [0, 0.1) is 5.92 Å². The molecule has 0 aromatic heterocycles. The topological polar surface area (TPSA) is 84.2 Å². The molecule has 2 aliphatic rings. The molecule has 1 aliphatic heterocycles. The van der Waals surface area contributed by atoms with Gasteiger partial charge < -0.3 is 5.32 Å². The summed E-state index contributed by atoms with van der Waals surface area (Å²) in [5.41, 5.74) is 1.98. The highest BCUT2D eigenvalue weighted by Crippen LogP contribution is 2.31. The molecule has 6 heteroatoms. The lowest BCUT2D eigenvalue weighted by Crippen LogP contribution is -2.46. The van der Waals surface area contributed by atoms with Crippen molar-refractivity contribution in [3.8, 4) is 0 Å². The van der Waals surface area contributed by atoms with E-state index in [-0.39, 0.29) is 4.90 Å². The highest BCUT2D eigenvalue weighted by atomic mass is 32.2. The first-order chi connectivity index (χ1) is 9.54. The van der Waals surface area contributed by atoms with Crippen LogP contribution in [0.2, 0.25) is 0 Å². The minimum absolute atomic E-state index is 0.177. The highest BCUT2D eigenvalue weighted by Gasteiger charge is 2.27. The van der Waals surface area contributed by atoms with E-state index < -0.39 is 10.0 Å². The molecule has 1 atom stereocenters. The van der Waals surface area contributed by atoms with Crippen LogP contribution in [0.15, 0.2) is 23.1 Å². The minimum Gasteiger partial charge on any atom is -0.369 e. The van der Waals surface area contributed by atoms with E-state index in [0.29, 0.717) is 18.6 Å². The summed E-state index contributed by atoms with van der Waals surface area (Å²) in [5, 5.41) is 12.1. The Kier molecular flexibility index (Phi) is 3.70. The number of fused-ring (bicyclic) bond motifs is 1. The third-order valence-corrected chi connectivity index (χ3v) is 5.26. The molecule has 4 N–H and O–H groups in total.